The van der Waals surface area contributed by atoms with E-state index in [4.69, 9.17) is 0 Å². The molecule has 0 radical (unpaired) electrons. The van der Waals surface area contributed by atoms with Crippen LogP contribution in [0.3, 0.4) is 0 Å². The minimum atomic E-state index is -4.77. The fourth-order valence-electron chi connectivity index (χ4n) is 3.28. The lowest BCUT2D eigenvalue weighted by Gasteiger charge is -2.12. The van der Waals surface area contributed by atoms with E-state index >= 15 is 0 Å². The van der Waals surface area contributed by atoms with Gasteiger partial charge in [0, 0.05) is 16.7 Å². The van der Waals surface area contributed by atoms with E-state index in [9.17, 15) is 18.0 Å². The summed E-state index contributed by atoms with van der Waals surface area (Å²) < 4.78 is 44.2. The Kier molecular flexibility index (Phi) is 6.50. The van der Waals surface area contributed by atoms with E-state index in [0.29, 0.717) is 29.1 Å². The number of carbonyl (C=O) groups excluding carboxylic acids is 1. The summed E-state index contributed by atoms with van der Waals surface area (Å²) in [5, 5.41) is 2.87. The number of hydrogen-bond acceptors (Lipinski definition) is 3. The monoisotopic (exact) mass is 515 g/mol. The first-order valence-electron chi connectivity index (χ1n) is 9.81. The lowest BCUT2D eigenvalue weighted by atomic mass is 10.0. The third-order valence-electron chi connectivity index (χ3n) is 4.79. The molecule has 168 valence electrons. The summed E-state index contributed by atoms with van der Waals surface area (Å²) in [5.74, 6) is -0.616. The largest absolute Gasteiger partial charge is 0.573 e. The Bertz CT molecular complexity index is 1290. The average molecular weight is 516 g/mol. The summed E-state index contributed by atoms with van der Waals surface area (Å²) in [7, 11) is 0. The molecule has 1 amide bonds. The molecule has 1 heterocycles. The summed E-state index contributed by atoms with van der Waals surface area (Å²) in [6, 6.07) is 20.4. The molecule has 0 aliphatic rings. The number of rotatable bonds is 6. The van der Waals surface area contributed by atoms with Crippen molar-refractivity contribution < 1.29 is 22.7 Å². The number of nitrogens with zero attached hydrogens (tertiary/aromatic N) is 2. The first-order chi connectivity index (χ1) is 15.8. The van der Waals surface area contributed by atoms with Crippen LogP contribution in [-0.4, -0.2) is 21.8 Å². The van der Waals surface area contributed by atoms with Crippen molar-refractivity contribution in [2.45, 2.75) is 12.9 Å². The molecule has 4 rings (SSSR count). The standard InChI is InChI=1S/C24H17BrF3N3O2/c25-21-10-2-1-5-18(21)13-30-23(32)22-14-29-15-31(22)19-8-3-6-16(11-19)17-7-4-9-20(12-17)33-24(26,27)28/h1-12,14-15H,13H2,(H,30,32). The van der Waals surface area contributed by atoms with Gasteiger partial charge < -0.3 is 10.1 Å². The van der Waals surface area contributed by atoms with Crippen LogP contribution in [0.2, 0.25) is 0 Å². The summed E-state index contributed by atoms with van der Waals surface area (Å²) in [5.41, 5.74) is 3.10. The zero-order chi connectivity index (χ0) is 23.4. The molecule has 0 unspecified atom stereocenters. The molecular weight excluding hydrogens is 499 g/mol. The van der Waals surface area contributed by atoms with Crippen LogP contribution in [-0.2, 0) is 6.54 Å². The Morgan fingerprint density at radius 3 is 2.48 bits per heavy atom. The molecule has 0 aliphatic carbocycles. The van der Waals surface area contributed by atoms with E-state index in [1.165, 1.54) is 30.7 Å². The van der Waals surface area contributed by atoms with Gasteiger partial charge in [-0.25, -0.2) is 4.98 Å². The number of nitrogens with one attached hydrogen (secondary N) is 1. The molecule has 0 atom stereocenters. The van der Waals surface area contributed by atoms with Crippen LogP contribution < -0.4 is 10.1 Å². The molecule has 9 heteroatoms. The second-order valence-electron chi connectivity index (χ2n) is 7.05. The minimum Gasteiger partial charge on any atom is -0.406 e. The van der Waals surface area contributed by atoms with Crippen molar-refractivity contribution in [1.82, 2.24) is 14.9 Å². The zero-order valence-electron chi connectivity index (χ0n) is 17.0. The van der Waals surface area contributed by atoms with Crippen molar-refractivity contribution in [3.8, 4) is 22.6 Å². The van der Waals surface area contributed by atoms with Gasteiger partial charge >= 0.3 is 6.36 Å². The molecule has 0 saturated carbocycles. The number of alkyl halides is 3. The fraction of sp³-hybridized carbons (Fsp3) is 0.0833. The van der Waals surface area contributed by atoms with Crippen LogP contribution in [0.1, 0.15) is 16.1 Å². The molecule has 33 heavy (non-hydrogen) atoms. The van der Waals surface area contributed by atoms with Gasteiger partial charge in [0.2, 0.25) is 0 Å². The topological polar surface area (TPSA) is 56.2 Å². The number of ether oxygens (including phenoxy) is 1. The van der Waals surface area contributed by atoms with Crippen LogP contribution in [0, 0.1) is 0 Å². The highest BCUT2D eigenvalue weighted by atomic mass is 79.9. The highest BCUT2D eigenvalue weighted by Crippen LogP contribution is 2.29. The van der Waals surface area contributed by atoms with E-state index in [1.54, 1.807) is 34.9 Å². The van der Waals surface area contributed by atoms with Crippen molar-refractivity contribution in [3.63, 3.8) is 0 Å². The van der Waals surface area contributed by atoms with Crippen molar-refractivity contribution in [3.05, 3.63) is 101 Å². The van der Waals surface area contributed by atoms with Crippen molar-refractivity contribution in [1.29, 1.82) is 0 Å². The molecule has 0 bridgehead atoms. The van der Waals surface area contributed by atoms with Crippen LogP contribution >= 0.6 is 15.9 Å². The smallest absolute Gasteiger partial charge is 0.406 e. The fourth-order valence-corrected chi connectivity index (χ4v) is 3.71. The first-order valence-corrected chi connectivity index (χ1v) is 10.6. The number of hydrogen-bond donors (Lipinski definition) is 1. The third-order valence-corrected chi connectivity index (χ3v) is 5.57. The van der Waals surface area contributed by atoms with E-state index in [0.717, 1.165) is 10.0 Å². The van der Waals surface area contributed by atoms with Crippen molar-refractivity contribution in [2.75, 3.05) is 0 Å². The lowest BCUT2D eigenvalue weighted by molar-refractivity contribution is -0.274. The zero-order valence-corrected chi connectivity index (χ0v) is 18.6. The Hall–Kier alpha value is -3.59. The number of carbonyl (C=O) groups is 1. The van der Waals surface area contributed by atoms with Gasteiger partial charge in [0.15, 0.2) is 0 Å². The molecule has 1 aromatic heterocycles. The molecule has 5 nitrogen and oxygen atoms in total. The molecule has 0 aliphatic heterocycles. The van der Waals surface area contributed by atoms with Gasteiger partial charge in [-0.2, -0.15) is 0 Å². The van der Waals surface area contributed by atoms with Crippen molar-refractivity contribution in [2.24, 2.45) is 0 Å². The summed E-state index contributed by atoms with van der Waals surface area (Å²) in [6.07, 6.45) is -1.80. The summed E-state index contributed by atoms with van der Waals surface area (Å²) in [6.45, 7) is 0.331. The number of halogens is 4. The second-order valence-corrected chi connectivity index (χ2v) is 7.90. The normalized spacial score (nSPS) is 11.3. The van der Waals surface area contributed by atoms with Gasteiger partial charge in [0.05, 0.1) is 12.5 Å². The highest BCUT2D eigenvalue weighted by Gasteiger charge is 2.31. The van der Waals surface area contributed by atoms with Crippen molar-refractivity contribution >= 4 is 21.8 Å². The molecule has 1 N–H and O–H groups in total. The number of imidazole rings is 1. The Balaban J connectivity index is 1.57. The Morgan fingerprint density at radius 2 is 1.73 bits per heavy atom. The first kappa shape index (κ1) is 22.6. The Labute approximate surface area is 196 Å². The van der Waals surface area contributed by atoms with Gasteiger partial charge in [-0.05, 0) is 47.0 Å². The lowest BCUT2D eigenvalue weighted by Crippen LogP contribution is -2.25. The molecule has 3 aromatic carbocycles. The van der Waals surface area contributed by atoms with Gasteiger partial charge in [0.25, 0.3) is 5.91 Å². The van der Waals surface area contributed by atoms with Crippen LogP contribution in [0.25, 0.3) is 16.8 Å². The van der Waals surface area contributed by atoms with Crippen LogP contribution in [0.5, 0.6) is 5.75 Å². The van der Waals surface area contributed by atoms with E-state index < -0.39 is 6.36 Å². The molecule has 0 fully saturated rings. The van der Waals surface area contributed by atoms with E-state index in [2.05, 4.69) is 31.0 Å². The maximum atomic E-state index is 12.8. The second kappa shape index (κ2) is 9.50. The minimum absolute atomic E-state index is 0.305. The molecule has 0 saturated heterocycles. The average Bonchev–Trinajstić information content (AvgIpc) is 3.28. The van der Waals surface area contributed by atoms with Gasteiger partial charge in [-0.1, -0.05) is 58.4 Å². The van der Waals surface area contributed by atoms with Gasteiger partial charge in [0.1, 0.15) is 11.4 Å². The van der Waals surface area contributed by atoms with Crippen LogP contribution in [0.4, 0.5) is 13.2 Å². The summed E-state index contributed by atoms with van der Waals surface area (Å²) in [4.78, 5) is 16.9. The third kappa shape index (κ3) is 5.61. The van der Waals surface area contributed by atoms with Gasteiger partial charge in [-0.15, -0.1) is 13.2 Å². The van der Waals surface area contributed by atoms with E-state index in [-0.39, 0.29) is 11.7 Å². The number of amides is 1. The SMILES string of the molecule is O=C(NCc1ccccc1Br)c1cncn1-c1cccc(-c2cccc(OC(F)(F)F)c2)c1. The predicted molar refractivity (Wildman–Crippen MR) is 121 cm³/mol. The quantitative estimate of drug-likeness (QED) is 0.336. The molecule has 0 spiro atoms. The Morgan fingerprint density at radius 1 is 1.00 bits per heavy atom. The maximum Gasteiger partial charge on any atom is 0.573 e. The number of benzene rings is 3. The molecule has 4 aromatic rings. The maximum absolute atomic E-state index is 12.8. The van der Waals surface area contributed by atoms with E-state index in [1.807, 2.05) is 24.3 Å². The van der Waals surface area contributed by atoms with Gasteiger partial charge in [-0.3, -0.25) is 9.36 Å². The predicted octanol–water partition coefficient (Wildman–Crippen LogP) is 6.13. The highest BCUT2D eigenvalue weighted by molar-refractivity contribution is 9.10. The summed E-state index contributed by atoms with van der Waals surface area (Å²) >= 11 is 3.46. The number of aromatic nitrogens is 2. The molecular formula is C24H17BrF3N3O2. The van der Waals surface area contributed by atoms with Crippen LogP contribution in [0.15, 0.2) is 89.8 Å².